The number of hydrogen-bond acceptors (Lipinski definition) is 7. The molecule has 0 spiro atoms. The first-order valence-corrected chi connectivity index (χ1v) is 14.2. The molecule has 0 aliphatic heterocycles. The Bertz CT molecular complexity index is 1840. The Morgan fingerprint density at radius 1 is 0.956 bits per heavy atom. The molecule has 0 bridgehead atoms. The molecule has 2 aromatic heterocycles. The van der Waals surface area contributed by atoms with Gasteiger partial charge in [0.1, 0.15) is 24.7 Å². The third kappa shape index (κ3) is 7.54. The minimum Gasteiger partial charge on any atom is -0.493 e. The van der Waals surface area contributed by atoms with Gasteiger partial charge in [-0.2, -0.15) is 5.10 Å². The number of carboxylic acid groups (broad SMARTS) is 1. The Labute approximate surface area is 264 Å². The van der Waals surface area contributed by atoms with Crippen LogP contribution in [0.2, 0.25) is 5.02 Å². The van der Waals surface area contributed by atoms with Crippen molar-refractivity contribution in [1.82, 2.24) is 9.99 Å². The molecule has 230 valence electrons. The molecule has 1 amide bonds. The van der Waals surface area contributed by atoms with Gasteiger partial charge in [0.25, 0.3) is 0 Å². The molecule has 2 N–H and O–H groups in total. The highest BCUT2D eigenvalue weighted by Crippen LogP contribution is 2.34. The van der Waals surface area contributed by atoms with Crippen molar-refractivity contribution >= 4 is 29.7 Å². The van der Waals surface area contributed by atoms with Crippen LogP contribution in [-0.4, -0.2) is 34.9 Å². The molecule has 5 rings (SSSR count). The molecule has 0 fully saturated rings. The standard InChI is InChI=1S/C34H30ClN3O7/c1-21-7-8-22(2)38(21)27-9-11-28(12-10-27)43-20-29-13-14-30(45-29)33(39)37-36-18-25-16-26(35)17-31(42-3)32(25)44-19-23-5-4-6-24(15-23)34(40)41/h4-18H,19-20H2,1-3H3,(H,37,39)(H,40,41). The molecule has 45 heavy (non-hydrogen) atoms. The Kier molecular flexibility index (Phi) is 9.54. The molecule has 2 heterocycles. The van der Waals surface area contributed by atoms with Gasteiger partial charge in [0.05, 0.1) is 18.9 Å². The quantitative estimate of drug-likeness (QED) is 0.113. The summed E-state index contributed by atoms with van der Waals surface area (Å²) in [5.74, 6) is 0.226. The van der Waals surface area contributed by atoms with Gasteiger partial charge in [0.2, 0.25) is 0 Å². The number of nitrogens with one attached hydrogen (secondary N) is 1. The number of hydrogen-bond donors (Lipinski definition) is 2. The lowest BCUT2D eigenvalue weighted by molar-refractivity contribution is 0.0696. The zero-order valence-electron chi connectivity index (χ0n) is 24.7. The fourth-order valence-corrected chi connectivity index (χ4v) is 4.87. The fraction of sp³-hybridized carbons (Fsp3) is 0.147. The van der Waals surface area contributed by atoms with Crippen LogP contribution in [0.4, 0.5) is 0 Å². The van der Waals surface area contributed by atoms with Gasteiger partial charge in [-0.25, -0.2) is 10.2 Å². The molecule has 3 aromatic carbocycles. The van der Waals surface area contributed by atoms with Crippen molar-refractivity contribution in [3.8, 4) is 22.9 Å². The number of halogens is 1. The van der Waals surface area contributed by atoms with Crippen molar-refractivity contribution in [3.05, 3.63) is 130 Å². The largest absolute Gasteiger partial charge is 0.493 e. The number of carboxylic acids is 1. The summed E-state index contributed by atoms with van der Waals surface area (Å²) in [7, 11) is 1.46. The number of furan rings is 1. The van der Waals surface area contributed by atoms with E-state index in [1.54, 1.807) is 30.3 Å². The molecular formula is C34H30ClN3O7. The zero-order valence-corrected chi connectivity index (χ0v) is 25.5. The molecule has 11 heteroatoms. The Morgan fingerprint density at radius 2 is 1.71 bits per heavy atom. The summed E-state index contributed by atoms with van der Waals surface area (Å²) in [5, 5.41) is 13.7. The van der Waals surface area contributed by atoms with Crippen molar-refractivity contribution in [2.45, 2.75) is 27.1 Å². The molecule has 0 atom stereocenters. The van der Waals surface area contributed by atoms with Gasteiger partial charge >= 0.3 is 11.9 Å². The van der Waals surface area contributed by atoms with Crippen LogP contribution in [0.3, 0.4) is 0 Å². The van der Waals surface area contributed by atoms with E-state index in [1.165, 1.54) is 31.5 Å². The first kappa shape index (κ1) is 31.0. The second-order valence-electron chi connectivity index (χ2n) is 10.0. The van der Waals surface area contributed by atoms with Crippen LogP contribution >= 0.6 is 11.6 Å². The van der Waals surface area contributed by atoms with Gasteiger partial charge in [-0.15, -0.1) is 0 Å². The number of methoxy groups -OCH3 is 1. The van der Waals surface area contributed by atoms with Crippen LogP contribution in [0.15, 0.2) is 94.4 Å². The zero-order chi connectivity index (χ0) is 31.9. The predicted molar refractivity (Wildman–Crippen MR) is 169 cm³/mol. The van der Waals surface area contributed by atoms with E-state index in [9.17, 15) is 14.7 Å². The van der Waals surface area contributed by atoms with E-state index in [1.807, 2.05) is 24.3 Å². The minimum absolute atomic E-state index is 0.0538. The van der Waals surface area contributed by atoms with Crippen LogP contribution in [0, 0.1) is 13.8 Å². The van der Waals surface area contributed by atoms with E-state index in [0.29, 0.717) is 39.2 Å². The summed E-state index contributed by atoms with van der Waals surface area (Å²) >= 11 is 6.25. The lowest BCUT2D eigenvalue weighted by atomic mass is 10.1. The highest BCUT2D eigenvalue weighted by molar-refractivity contribution is 6.31. The molecule has 0 saturated heterocycles. The van der Waals surface area contributed by atoms with Gasteiger partial charge in [-0.1, -0.05) is 23.7 Å². The third-order valence-corrected chi connectivity index (χ3v) is 7.05. The van der Waals surface area contributed by atoms with E-state index < -0.39 is 11.9 Å². The van der Waals surface area contributed by atoms with Crippen molar-refractivity contribution in [3.63, 3.8) is 0 Å². The molecule has 0 unspecified atom stereocenters. The first-order valence-electron chi connectivity index (χ1n) is 13.8. The topological polar surface area (TPSA) is 125 Å². The summed E-state index contributed by atoms with van der Waals surface area (Å²) in [6.45, 7) is 4.30. The van der Waals surface area contributed by atoms with Crippen molar-refractivity contribution in [1.29, 1.82) is 0 Å². The molecule has 0 radical (unpaired) electrons. The number of carbonyl (C=O) groups is 2. The highest BCUT2D eigenvalue weighted by atomic mass is 35.5. The van der Waals surface area contributed by atoms with E-state index in [2.05, 4.69) is 41.1 Å². The monoisotopic (exact) mass is 627 g/mol. The number of nitrogens with zero attached hydrogens (tertiary/aromatic N) is 2. The Morgan fingerprint density at radius 3 is 2.42 bits per heavy atom. The lowest BCUT2D eigenvalue weighted by Gasteiger charge is -2.14. The number of rotatable bonds is 12. The van der Waals surface area contributed by atoms with Gasteiger partial charge in [0.15, 0.2) is 17.3 Å². The second kappa shape index (κ2) is 13.9. The number of benzene rings is 3. The van der Waals surface area contributed by atoms with Crippen molar-refractivity contribution in [2.75, 3.05) is 7.11 Å². The molecule has 0 saturated carbocycles. The number of amides is 1. The maximum Gasteiger partial charge on any atom is 0.335 e. The van der Waals surface area contributed by atoms with Gasteiger partial charge < -0.3 is 28.3 Å². The summed E-state index contributed by atoms with van der Waals surface area (Å²) in [5.41, 5.74) is 6.97. The number of ether oxygens (including phenoxy) is 3. The number of carbonyl (C=O) groups excluding carboxylic acids is 1. The Hall–Kier alpha value is -5.48. The smallest absolute Gasteiger partial charge is 0.335 e. The molecule has 5 aromatic rings. The summed E-state index contributed by atoms with van der Waals surface area (Å²) in [6, 6.07) is 24.6. The van der Waals surface area contributed by atoms with Gasteiger partial charge in [-0.05, 0) is 86.1 Å². The number of aromatic carboxylic acids is 1. The van der Waals surface area contributed by atoms with Crippen LogP contribution in [0.5, 0.6) is 17.2 Å². The molecule has 10 nitrogen and oxygen atoms in total. The third-order valence-electron chi connectivity index (χ3n) is 6.83. The lowest BCUT2D eigenvalue weighted by Crippen LogP contribution is -2.17. The minimum atomic E-state index is -1.04. The van der Waals surface area contributed by atoms with Crippen LogP contribution in [0.1, 0.15) is 49.2 Å². The number of hydrazone groups is 1. The maximum absolute atomic E-state index is 12.7. The summed E-state index contributed by atoms with van der Waals surface area (Å²) in [4.78, 5) is 24.0. The second-order valence-corrected chi connectivity index (χ2v) is 10.5. The van der Waals surface area contributed by atoms with E-state index in [-0.39, 0.29) is 24.5 Å². The van der Waals surface area contributed by atoms with E-state index >= 15 is 0 Å². The van der Waals surface area contributed by atoms with Gasteiger partial charge in [-0.3, -0.25) is 4.79 Å². The van der Waals surface area contributed by atoms with E-state index in [4.69, 9.17) is 30.2 Å². The van der Waals surface area contributed by atoms with Crippen LogP contribution in [0.25, 0.3) is 5.69 Å². The summed E-state index contributed by atoms with van der Waals surface area (Å²) in [6.07, 6.45) is 1.36. The Balaban J connectivity index is 1.20. The van der Waals surface area contributed by atoms with Gasteiger partial charge in [0, 0.05) is 33.7 Å². The first-order chi connectivity index (χ1) is 21.7. The molecule has 0 aliphatic rings. The fourth-order valence-electron chi connectivity index (χ4n) is 4.66. The SMILES string of the molecule is COc1cc(Cl)cc(C=NNC(=O)c2ccc(COc3ccc(-n4c(C)ccc4C)cc3)o2)c1OCc1cccc(C(=O)O)c1. The maximum atomic E-state index is 12.7. The van der Waals surface area contributed by atoms with Crippen LogP contribution in [-0.2, 0) is 13.2 Å². The number of aromatic nitrogens is 1. The highest BCUT2D eigenvalue weighted by Gasteiger charge is 2.15. The van der Waals surface area contributed by atoms with Crippen LogP contribution < -0.4 is 19.6 Å². The summed E-state index contributed by atoms with van der Waals surface area (Å²) < 4.78 is 25.0. The van der Waals surface area contributed by atoms with E-state index in [0.717, 1.165) is 17.1 Å². The molecular weight excluding hydrogens is 598 g/mol. The average molecular weight is 628 g/mol. The predicted octanol–water partition coefficient (Wildman–Crippen LogP) is 6.97. The van der Waals surface area contributed by atoms with Crippen molar-refractivity contribution < 1.29 is 33.3 Å². The van der Waals surface area contributed by atoms with Crippen molar-refractivity contribution in [2.24, 2.45) is 5.10 Å². The number of aryl methyl sites for hydroxylation is 2. The molecule has 0 aliphatic carbocycles. The average Bonchev–Trinajstić information content (AvgIpc) is 3.65. The normalized spacial score (nSPS) is 11.0.